The van der Waals surface area contributed by atoms with Gasteiger partial charge in [0.05, 0.1) is 12.3 Å². The molecule has 0 amide bonds. The van der Waals surface area contributed by atoms with Crippen molar-refractivity contribution >= 4 is 5.97 Å². The number of carbonyl (C=O) groups is 1. The molecule has 0 spiro atoms. The zero-order valence-corrected chi connectivity index (χ0v) is 9.07. The maximum absolute atomic E-state index is 11.7. The maximum Gasteiger partial charge on any atom is 0.317 e. The number of aromatic nitrogens is 2. The van der Waals surface area contributed by atoms with Crippen molar-refractivity contribution in [3.63, 3.8) is 0 Å². The molecular formula is C10H16N2O2. The summed E-state index contributed by atoms with van der Waals surface area (Å²) < 4.78 is 6.70. The molecule has 0 radical (unpaired) electrons. The predicted octanol–water partition coefficient (Wildman–Crippen LogP) is 1.26. The summed E-state index contributed by atoms with van der Waals surface area (Å²) >= 11 is 0. The molecule has 0 fully saturated rings. The van der Waals surface area contributed by atoms with E-state index in [1.807, 2.05) is 27.0 Å². The van der Waals surface area contributed by atoms with E-state index in [4.69, 9.17) is 4.74 Å². The summed E-state index contributed by atoms with van der Waals surface area (Å²) in [6, 6.07) is 1.83. The fourth-order valence-electron chi connectivity index (χ4n) is 1.40. The van der Waals surface area contributed by atoms with Crippen LogP contribution in [0.5, 0.6) is 0 Å². The number of nitrogens with zero attached hydrogens (tertiary/aromatic N) is 2. The van der Waals surface area contributed by atoms with Gasteiger partial charge in [0.2, 0.25) is 0 Å². The van der Waals surface area contributed by atoms with Crippen LogP contribution in [0.3, 0.4) is 0 Å². The fourth-order valence-corrected chi connectivity index (χ4v) is 1.40. The Hall–Kier alpha value is -1.32. The molecule has 1 rings (SSSR count). The SMILES string of the molecule is CCOC(=O)C(C)(C)c1ccnn1C. The van der Waals surface area contributed by atoms with Gasteiger partial charge in [-0.05, 0) is 26.8 Å². The molecule has 0 aliphatic heterocycles. The molecule has 4 nitrogen and oxygen atoms in total. The largest absolute Gasteiger partial charge is 0.465 e. The van der Waals surface area contributed by atoms with Gasteiger partial charge in [0.1, 0.15) is 5.41 Å². The Morgan fingerprint density at radius 2 is 2.29 bits per heavy atom. The van der Waals surface area contributed by atoms with Crippen molar-refractivity contribution in [2.24, 2.45) is 7.05 Å². The van der Waals surface area contributed by atoms with Crippen molar-refractivity contribution < 1.29 is 9.53 Å². The summed E-state index contributed by atoms with van der Waals surface area (Å²) in [6.45, 7) is 5.88. The van der Waals surface area contributed by atoms with E-state index < -0.39 is 5.41 Å². The average Bonchev–Trinajstić information content (AvgIpc) is 2.52. The number of esters is 1. The van der Waals surface area contributed by atoms with E-state index in [1.165, 1.54) is 0 Å². The molecular weight excluding hydrogens is 180 g/mol. The third-order valence-corrected chi connectivity index (χ3v) is 2.25. The first-order chi connectivity index (χ1) is 6.50. The van der Waals surface area contributed by atoms with Gasteiger partial charge in [-0.3, -0.25) is 9.48 Å². The lowest BCUT2D eigenvalue weighted by molar-refractivity contribution is -0.149. The molecule has 0 saturated carbocycles. The molecule has 78 valence electrons. The summed E-state index contributed by atoms with van der Waals surface area (Å²) in [5.74, 6) is -0.219. The predicted molar refractivity (Wildman–Crippen MR) is 52.9 cm³/mol. The standard InChI is InChI=1S/C10H16N2O2/c1-5-14-9(13)10(2,3)8-6-7-11-12(8)4/h6-7H,5H2,1-4H3. The normalized spacial score (nSPS) is 11.4. The van der Waals surface area contributed by atoms with Crippen LogP contribution in [0, 0.1) is 0 Å². The average molecular weight is 196 g/mol. The zero-order valence-electron chi connectivity index (χ0n) is 9.07. The van der Waals surface area contributed by atoms with Crippen molar-refractivity contribution in [3.05, 3.63) is 18.0 Å². The monoisotopic (exact) mass is 196 g/mol. The van der Waals surface area contributed by atoms with E-state index in [0.29, 0.717) is 6.61 Å². The quantitative estimate of drug-likeness (QED) is 0.684. The Morgan fingerprint density at radius 1 is 1.64 bits per heavy atom. The molecule has 1 heterocycles. The Kier molecular flexibility index (Phi) is 2.93. The summed E-state index contributed by atoms with van der Waals surface area (Å²) in [6.07, 6.45) is 1.68. The minimum Gasteiger partial charge on any atom is -0.465 e. The molecule has 0 N–H and O–H groups in total. The van der Waals surface area contributed by atoms with E-state index in [-0.39, 0.29) is 5.97 Å². The zero-order chi connectivity index (χ0) is 10.8. The van der Waals surface area contributed by atoms with Crippen LogP contribution in [0.1, 0.15) is 26.5 Å². The number of hydrogen-bond acceptors (Lipinski definition) is 3. The second-order valence-corrected chi connectivity index (χ2v) is 3.69. The molecule has 0 unspecified atom stereocenters. The molecule has 1 aromatic rings. The summed E-state index contributed by atoms with van der Waals surface area (Å²) in [5, 5.41) is 4.03. The molecule has 0 atom stereocenters. The second-order valence-electron chi connectivity index (χ2n) is 3.69. The van der Waals surface area contributed by atoms with Crippen LogP contribution < -0.4 is 0 Å². The van der Waals surface area contributed by atoms with Gasteiger partial charge in [0.15, 0.2) is 0 Å². The van der Waals surface area contributed by atoms with Crippen molar-refractivity contribution in [1.82, 2.24) is 9.78 Å². The van der Waals surface area contributed by atoms with Crippen LogP contribution in [-0.4, -0.2) is 22.4 Å². The van der Waals surface area contributed by atoms with Crippen molar-refractivity contribution in [2.75, 3.05) is 6.61 Å². The number of aryl methyl sites for hydroxylation is 1. The third-order valence-electron chi connectivity index (χ3n) is 2.25. The van der Waals surface area contributed by atoms with Gasteiger partial charge >= 0.3 is 5.97 Å². The third kappa shape index (κ3) is 1.78. The van der Waals surface area contributed by atoms with E-state index in [0.717, 1.165) is 5.69 Å². The molecule has 14 heavy (non-hydrogen) atoms. The highest BCUT2D eigenvalue weighted by Crippen LogP contribution is 2.23. The molecule has 1 aromatic heterocycles. The Bertz CT molecular complexity index is 329. The van der Waals surface area contributed by atoms with E-state index in [1.54, 1.807) is 17.8 Å². The lowest BCUT2D eigenvalue weighted by atomic mass is 9.89. The minimum absolute atomic E-state index is 0.219. The van der Waals surface area contributed by atoms with Crippen molar-refractivity contribution in [3.8, 4) is 0 Å². The van der Waals surface area contributed by atoms with Gasteiger partial charge < -0.3 is 4.74 Å². The van der Waals surface area contributed by atoms with Crippen molar-refractivity contribution in [1.29, 1.82) is 0 Å². The maximum atomic E-state index is 11.7. The Morgan fingerprint density at radius 3 is 2.71 bits per heavy atom. The van der Waals surface area contributed by atoms with E-state index >= 15 is 0 Å². The van der Waals surface area contributed by atoms with E-state index in [9.17, 15) is 4.79 Å². The number of rotatable bonds is 3. The Balaban J connectivity index is 2.95. The summed E-state index contributed by atoms with van der Waals surface area (Å²) in [7, 11) is 1.82. The highest BCUT2D eigenvalue weighted by atomic mass is 16.5. The smallest absolute Gasteiger partial charge is 0.317 e. The van der Waals surface area contributed by atoms with Crippen LogP contribution in [0.15, 0.2) is 12.3 Å². The van der Waals surface area contributed by atoms with Gasteiger partial charge in [-0.1, -0.05) is 0 Å². The first kappa shape index (κ1) is 10.8. The molecule has 0 aliphatic carbocycles. The topological polar surface area (TPSA) is 44.1 Å². The first-order valence-electron chi connectivity index (χ1n) is 4.66. The molecule has 0 aromatic carbocycles. The van der Waals surface area contributed by atoms with Crippen LogP contribution in [0.4, 0.5) is 0 Å². The second kappa shape index (κ2) is 3.82. The summed E-state index contributed by atoms with van der Waals surface area (Å²) in [5.41, 5.74) is 0.220. The van der Waals surface area contributed by atoms with Crippen LogP contribution in [0.2, 0.25) is 0 Å². The van der Waals surface area contributed by atoms with Crippen LogP contribution >= 0.6 is 0 Å². The number of ether oxygens (including phenoxy) is 1. The van der Waals surface area contributed by atoms with Gasteiger partial charge in [0.25, 0.3) is 0 Å². The molecule has 0 aliphatic rings. The fraction of sp³-hybridized carbons (Fsp3) is 0.600. The minimum atomic E-state index is -0.638. The Labute approximate surface area is 83.9 Å². The highest BCUT2D eigenvalue weighted by Gasteiger charge is 2.33. The molecule has 0 saturated heterocycles. The molecule has 4 heteroatoms. The summed E-state index contributed by atoms with van der Waals surface area (Å²) in [4.78, 5) is 11.7. The lowest BCUT2D eigenvalue weighted by Gasteiger charge is -2.22. The number of carbonyl (C=O) groups excluding carboxylic acids is 1. The van der Waals surface area contributed by atoms with Gasteiger partial charge in [-0.25, -0.2) is 0 Å². The van der Waals surface area contributed by atoms with E-state index in [2.05, 4.69) is 5.10 Å². The van der Waals surface area contributed by atoms with Gasteiger partial charge in [-0.2, -0.15) is 5.10 Å². The van der Waals surface area contributed by atoms with Gasteiger partial charge in [-0.15, -0.1) is 0 Å². The van der Waals surface area contributed by atoms with Gasteiger partial charge in [0, 0.05) is 13.2 Å². The first-order valence-corrected chi connectivity index (χ1v) is 4.66. The van der Waals surface area contributed by atoms with Crippen LogP contribution in [-0.2, 0) is 22.0 Å². The highest BCUT2D eigenvalue weighted by molar-refractivity contribution is 5.81. The number of hydrogen-bond donors (Lipinski definition) is 0. The van der Waals surface area contributed by atoms with Crippen molar-refractivity contribution in [2.45, 2.75) is 26.2 Å². The lowest BCUT2D eigenvalue weighted by Crippen LogP contribution is -2.33. The van der Waals surface area contributed by atoms with Crippen LogP contribution in [0.25, 0.3) is 0 Å². The molecule has 0 bridgehead atoms.